The lowest BCUT2D eigenvalue weighted by molar-refractivity contribution is 0.660. The van der Waals surface area contributed by atoms with Crippen molar-refractivity contribution in [3.05, 3.63) is 223 Å². The van der Waals surface area contributed by atoms with E-state index in [9.17, 15) is 0 Å². The van der Waals surface area contributed by atoms with Crippen molar-refractivity contribution in [3.8, 4) is 90.3 Å². The summed E-state index contributed by atoms with van der Waals surface area (Å²) in [6.07, 6.45) is 0. The van der Waals surface area contributed by atoms with Gasteiger partial charge in [0, 0.05) is 49.6 Å². The summed E-state index contributed by atoms with van der Waals surface area (Å²) in [6, 6.07) is 73.8. The molecule has 0 bridgehead atoms. The smallest absolute Gasteiger partial charge is 0.164 e. The summed E-state index contributed by atoms with van der Waals surface area (Å²) in [5.74, 6) is 2.53. The minimum Gasteiger partial charge on any atom is -0.456 e. The van der Waals surface area contributed by atoms with Crippen LogP contribution in [0.3, 0.4) is 0 Å². The molecule has 0 saturated heterocycles. The number of rotatable bonds is 7. The lowest BCUT2D eigenvalue weighted by Gasteiger charge is -2.21. The van der Waals surface area contributed by atoms with Crippen LogP contribution in [0.5, 0.6) is 0 Å². The predicted octanol–water partition coefficient (Wildman–Crippen LogP) is 15.7. The van der Waals surface area contributed by atoms with Gasteiger partial charge in [-0.1, -0.05) is 178 Å². The third kappa shape index (κ3) is 6.68. The first-order valence-corrected chi connectivity index (χ1v) is 23.0. The van der Waals surface area contributed by atoms with Crippen molar-refractivity contribution in [3.63, 3.8) is 0 Å². The summed E-state index contributed by atoms with van der Waals surface area (Å²) < 4.78 is 6.37. The molecule has 0 aliphatic heterocycles. The van der Waals surface area contributed by atoms with Crippen LogP contribution in [0.15, 0.2) is 217 Å². The highest BCUT2D eigenvalue weighted by Crippen LogP contribution is 2.49. The molecular formula is C62H41N5O. The lowest BCUT2D eigenvalue weighted by atomic mass is 9.82. The third-order valence-corrected chi connectivity index (χ3v) is 13.5. The SMILES string of the molecule is CC1(C)c2ccccc2-c2ccc(-c3nc(-c4ccccc4)nc(-c4cccc(-c5cccc(-c6cc(-c7ccc8oc9ccc%10ccccc%10c9c8c7)nc(-c7ccccc7)n6)c5)c4)n3)cc21. The van der Waals surface area contributed by atoms with Crippen molar-refractivity contribution >= 4 is 32.7 Å². The van der Waals surface area contributed by atoms with Gasteiger partial charge in [0.2, 0.25) is 0 Å². The van der Waals surface area contributed by atoms with E-state index in [4.69, 9.17) is 29.3 Å². The molecule has 0 atom stereocenters. The van der Waals surface area contributed by atoms with Gasteiger partial charge >= 0.3 is 0 Å². The van der Waals surface area contributed by atoms with Gasteiger partial charge in [-0.2, -0.15) is 0 Å². The van der Waals surface area contributed by atoms with Gasteiger partial charge in [-0.25, -0.2) is 24.9 Å². The van der Waals surface area contributed by atoms with Gasteiger partial charge in [0.1, 0.15) is 11.2 Å². The van der Waals surface area contributed by atoms with E-state index >= 15 is 0 Å². The van der Waals surface area contributed by atoms with Gasteiger partial charge < -0.3 is 4.42 Å². The summed E-state index contributed by atoms with van der Waals surface area (Å²) in [5, 5.41) is 4.50. The topological polar surface area (TPSA) is 77.6 Å². The zero-order valence-electron chi connectivity index (χ0n) is 37.4. The first-order chi connectivity index (χ1) is 33.4. The summed E-state index contributed by atoms with van der Waals surface area (Å²) >= 11 is 0. The highest BCUT2D eigenvalue weighted by molar-refractivity contribution is 6.19. The molecule has 0 unspecified atom stereocenters. The molecule has 13 rings (SSSR count). The van der Waals surface area contributed by atoms with Gasteiger partial charge in [-0.05, 0) is 92.7 Å². The maximum Gasteiger partial charge on any atom is 0.164 e. The fourth-order valence-electron chi connectivity index (χ4n) is 10.1. The molecule has 0 saturated carbocycles. The largest absolute Gasteiger partial charge is 0.456 e. The summed E-state index contributed by atoms with van der Waals surface area (Å²) in [4.78, 5) is 25.8. The van der Waals surface area contributed by atoms with E-state index in [1.54, 1.807) is 0 Å². The molecule has 0 amide bonds. The Morgan fingerprint density at radius 3 is 1.57 bits per heavy atom. The Morgan fingerprint density at radius 2 is 0.838 bits per heavy atom. The van der Waals surface area contributed by atoms with Crippen molar-refractivity contribution < 1.29 is 4.42 Å². The lowest BCUT2D eigenvalue weighted by Crippen LogP contribution is -2.15. The maximum atomic E-state index is 6.37. The molecule has 12 aromatic rings. The first-order valence-electron chi connectivity index (χ1n) is 23.0. The van der Waals surface area contributed by atoms with Crippen LogP contribution < -0.4 is 0 Å². The normalized spacial score (nSPS) is 12.7. The third-order valence-electron chi connectivity index (χ3n) is 13.5. The number of aromatic nitrogens is 5. The molecule has 320 valence electrons. The predicted molar refractivity (Wildman–Crippen MR) is 276 cm³/mol. The number of fused-ring (bicyclic) bond motifs is 8. The van der Waals surface area contributed by atoms with E-state index in [2.05, 4.69) is 190 Å². The first kappa shape index (κ1) is 39.5. The molecule has 3 heterocycles. The molecule has 1 aliphatic carbocycles. The summed E-state index contributed by atoms with van der Waals surface area (Å²) in [5.41, 5.74) is 16.1. The maximum absolute atomic E-state index is 6.37. The van der Waals surface area contributed by atoms with E-state index < -0.39 is 0 Å². The molecular weight excluding hydrogens is 831 g/mol. The minimum absolute atomic E-state index is 0.154. The van der Waals surface area contributed by atoms with Crippen molar-refractivity contribution in [2.45, 2.75) is 19.3 Å². The van der Waals surface area contributed by atoms with Crippen LogP contribution in [0.2, 0.25) is 0 Å². The van der Waals surface area contributed by atoms with E-state index in [0.29, 0.717) is 23.3 Å². The molecule has 0 fully saturated rings. The fraction of sp³-hybridized carbons (Fsp3) is 0.0484. The fourth-order valence-corrected chi connectivity index (χ4v) is 10.1. The average Bonchev–Trinajstić information content (AvgIpc) is 3.90. The van der Waals surface area contributed by atoms with E-state index in [-0.39, 0.29) is 5.41 Å². The Hall–Kier alpha value is -8.87. The van der Waals surface area contributed by atoms with Crippen molar-refractivity contribution in [2.24, 2.45) is 0 Å². The zero-order chi connectivity index (χ0) is 45.3. The molecule has 3 aromatic heterocycles. The van der Waals surface area contributed by atoms with Crippen molar-refractivity contribution in [1.29, 1.82) is 0 Å². The second kappa shape index (κ2) is 15.6. The van der Waals surface area contributed by atoms with Gasteiger partial charge in [0.25, 0.3) is 0 Å². The molecule has 6 heteroatoms. The van der Waals surface area contributed by atoms with Crippen LogP contribution in [0.1, 0.15) is 25.0 Å². The molecule has 9 aromatic carbocycles. The Labute approximate surface area is 393 Å². The van der Waals surface area contributed by atoms with E-state index in [0.717, 1.165) is 83.2 Å². The molecule has 1 aliphatic rings. The van der Waals surface area contributed by atoms with Crippen LogP contribution in [0.4, 0.5) is 0 Å². The van der Waals surface area contributed by atoms with Crippen molar-refractivity contribution in [2.75, 3.05) is 0 Å². The molecule has 0 spiro atoms. The molecule has 68 heavy (non-hydrogen) atoms. The van der Waals surface area contributed by atoms with Gasteiger partial charge in [-0.15, -0.1) is 0 Å². The van der Waals surface area contributed by atoms with Gasteiger partial charge in [0.05, 0.1) is 11.4 Å². The Morgan fingerprint density at radius 1 is 0.324 bits per heavy atom. The van der Waals surface area contributed by atoms with E-state index in [1.807, 2.05) is 36.4 Å². The monoisotopic (exact) mass is 871 g/mol. The summed E-state index contributed by atoms with van der Waals surface area (Å²) in [6.45, 7) is 4.60. The second-order valence-corrected chi connectivity index (χ2v) is 18.1. The van der Waals surface area contributed by atoms with Gasteiger partial charge in [0.15, 0.2) is 23.3 Å². The van der Waals surface area contributed by atoms with Crippen molar-refractivity contribution in [1.82, 2.24) is 24.9 Å². The van der Waals surface area contributed by atoms with Crippen LogP contribution in [-0.4, -0.2) is 24.9 Å². The van der Waals surface area contributed by atoms with Gasteiger partial charge in [-0.3, -0.25) is 0 Å². The zero-order valence-corrected chi connectivity index (χ0v) is 37.4. The van der Waals surface area contributed by atoms with Crippen LogP contribution in [0.25, 0.3) is 123 Å². The Kier molecular flexibility index (Phi) is 9.08. The van der Waals surface area contributed by atoms with Crippen LogP contribution >= 0.6 is 0 Å². The number of hydrogen-bond donors (Lipinski definition) is 0. The quantitative estimate of drug-likeness (QED) is 0.159. The standard InChI is InChI=1S/C62H41N5O/c1-62(2)51-26-12-11-25-48(51)49-30-27-46(36-52(49)62)61-66-59(40-18-7-4-8-19-40)65-60(67-61)45-23-14-21-42(34-45)41-20-13-22-43(33-41)53-37-54(64-58(63-53)39-16-5-3-6-17-39)44-29-31-55-50(35-44)57-47-24-10-9-15-38(47)28-32-56(57)68-55/h3-37H,1-2H3. The molecule has 6 nitrogen and oxygen atoms in total. The summed E-state index contributed by atoms with van der Waals surface area (Å²) in [7, 11) is 0. The number of hydrogen-bond acceptors (Lipinski definition) is 6. The van der Waals surface area contributed by atoms with Crippen LogP contribution in [0, 0.1) is 0 Å². The van der Waals surface area contributed by atoms with Crippen LogP contribution in [-0.2, 0) is 5.41 Å². The Balaban J connectivity index is 0.902. The number of furan rings is 1. The van der Waals surface area contributed by atoms with E-state index in [1.165, 1.54) is 27.6 Å². The number of benzene rings is 9. The molecule has 0 radical (unpaired) electrons. The second-order valence-electron chi connectivity index (χ2n) is 18.1. The molecule has 0 N–H and O–H groups in total. The Bertz CT molecular complexity index is 3950. The highest BCUT2D eigenvalue weighted by atomic mass is 16.3. The highest BCUT2D eigenvalue weighted by Gasteiger charge is 2.35. The average molecular weight is 872 g/mol. The minimum atomic E-state index is -0.154. The number of nitrogens with zero attached hydrogens (tertiary/aromatic N) is 5.